The Morgan fingerprint density at radius 3 is 2.68 bits per heavy atom. The second kappa shape index (κ2) is 8.08. The third-order valence-electron chi connectivity index (χ3n) is 2.74. The summed E-state index contributed by atoms with van der Waals surface area (Å²) < 4.78 is 0. The molecule has 1 aromatic carbocycles. The largest absolute Gasteiger partial charge is 0.477 e. The van der Waals surface area contributed by atoms with Crippen LogP contribution >= 0.6 is 0 Å². The van der Waals surface area contributed by atoms with Gasteiger partial charge in [-0.25, -0.2) is 4.79 Å². The lowest BCUT2D eigenvalue weighted by Gasteiger charge is -2.07. The van der Waals surface area contributed by atoms with E-state index in [1.54, 1.807) is 6.08 Å². The van der Waals surface area contributed by atoms with Crippen molar-refractivity contribution in [1.29, 1.82) is 0 Å². The van der Waals surface area contributed by atoms with Crippen molar-refractivity contribution >= 4 is 17.8 Å². The number of hydrogen-bond donors (Lipinski definition) is 1. The standard InChI is InChI=1S/C15H19NO3/c1-3-12(2)14(15(17)18)16-19-11-7-10-13-8-5-4-6-9-13/h4-10,12H,3,11H2,1-2H3,(H,17,18)/b10-7+,16-14-. The number of rotatable bonds is 7. The van der Waals surface area contributed by atoms with Crippen LogP contribution in [0.5, 0.6) is 0 Å². The second-order valence-electron chi connectivity index (χ2n) is 4.20. The lowest BCUT2D eigenvalue weighted by Crippen LogP contribution is -2.21. The summed E-state index contributed by atoms with van der Waals surface area (Å²) >= 11 is 0. The minimum atomic E-state index is -1.03. The molecule has 4 nitrogen and oxygen atoms in total. The van der Waals surface area contributed by atoms with Gasteiger partial charge < -0.3 is 9.94 Å². The molecule has 102 valence electrons. The van der Waals surface area contributed by atoms with Crippen LogP contribution in [0, 0.1) is 5.92 Å². The Balaban J connectivity index is 2.48. The quantitative estimate of drug-likeness (QED) is 0.466. The molecular weight excluding hydrogens is 242 g/mol. The van der Waals surface area contributed by atoms with Gasteiger partial charge in [0.2, 0.25) is 0 Å². The zero-order chi connectivity index (χ0) is 14.1. The SMILES string of the molecule is CCC(C)/C(=N/OC/C=C/c1ccccc1)C(=O)O. The van der Waals surface area contributed by atoms with Crippen LogP contribution in [0.25, 0.3) is 6.08 Å². The van der Waals surface area contributed by atoms with Gasteiger partial charge in [0.1, 0.15) is 6.61 Å². The zero-order valence-electron chi connectivity index (χ0n) is 11.2. The first-order valence-electron chi connectivity index (χ1n) is 6.29. The van der Waals surface area contributed by atoms with E-state index < -0.39 is 5.97 Å². The van der Waals surface area contributed by atoms with E-state index >= 15 is 0 Å². The Hall–Kier alpha value is -2.10. The second-order valence-corrected chi connectivity index (χ2v) is 4.20. The molecule has 0 radical (unpaired) electrons. The monoisotopic (exact) mass is 261 g/mol. The lowest BCUT2D eigenvalue weighted by molar-refractivity contribution is -0.129. The van der Waals surface area contributed by atoms with E-state index in [1.807, 2.05) is 50.3 Å². The van der Waals surface area contributed by atoms with Crippen LogP contribution in [0.15, 0.2) is 41.6 Å². The maximum Gasteiger partial charge on any atom is 0.353 e. The average molecular weight is 261 g/mol. The van der Waals surface area contributed by atoms with Gasteiger partial charge in [-0.2, -0.15) is 0 Å². The molecule has 4 heteroatoms. The first kappa shape index (κ1) is 15.0. The van der Waals surface area contributed by atoms with Gasteiger partial charge in [0, 0.05) is 5.92 Å². The molecule has 0 saturated heterocycles. The normalized spacial score (nSPS) is 13.5. The predicted molar refractivity (Wildman–Crippen MR) is 76.0 cm³/mol. The van der Waals surface area contributed by atoms with Crippen molar-refractivity contribution in [2.24, 2.45) is 11.1 Å². The summed E-state index contributed by atoms with van der Waals surface area (Å²) in [5.41, 5.74) is 1.13. The molecule has 1 atom stereocenters. The van der Waals surface area contributed by atoms with E-state index in [4.69, 9.17) is 9.94 Å². The summed E-state index contributed by atoms with van der Waals surface area (Å²) in [6, 6.07) is 9.79. The minimum absolute atomic E-state index is 0.0654. The summed E-state index contributed by atoms with van der Waals surface area (Å²) in [7, 11) is 0. The highest BCUT2D eigenvalue weighted by molar-refractivity contribution is 6.36. The molecule has 0 aliphatic heterocycles. The van der Waals surface area contributed by atoms with Gasteiger partial charge in [-0.1, -0.05) is 55.4 Å². The van der Waals surface area contributed by atoms with Crippen molar-refractivity contribution in [2.45, 2.75) is 20.3 Å². The molecule has 0 aliphatic carbocycles. The molecular formula is C15H19NO3. The van der Waals surface area contributed by atoms with Crippen molar-refractivity contribution in [3.63, 3.8) is 0 Å². The molecule has 0 aliphatic rings. The molecule has 1 aromatic rings. The molecule has 0 aromatic heterocycles. The van der Waals surface area contributed by atoms with Crippen molar-refractivity contribution in [3.05, 3.63) is 42.0 Å². The van der Waals surface area contributed by atoms with Crippen molar-refractivity contribution in [1.82, 2.24) is 0 Å². The number of oxime groups is 1. The molecule has 19 heavy (non-hydrogen) atoms. The topological polar surface area (TPSA) is 58.9 Å². The van der Waals surface area contributed by atoms with Crippen LogP contribution in [-0.4, -0.2) is 23.4 Å². The summed E-state index contributed by atoms with van der Waals surface area (Å²) in [6.45, 7) is 3.98. The molecule has 0 spiro atoms. The van der Waals surface area contributed by atoms with Gasteiger partial charge in [-0.15, -0.1) is 0 Å². The first-order chi connectivity index (χ1) is 9.15. The predicted octanol–water partition coefficient (Wildman–Crippen LogP) is 3.20. The molecule has 1 rings (SSSR count). The minimum Gasteiger partial charge on any atom is -0.477 e. The molecule has 0 amide bonds. The number of aliphatic carboxylic acids is 1. The molecule has 1 N–H and O–H groups in total. The van der Waals surface area contributed by atoms with Crippen LogP contribution in [0.3, 0.4) is 0 Å². The number of nitrogens with zero attached hydrogens (tertiary/aromatic N) is 1. The van der Waals surface area contributed by atoms with Crippen LogP contribution < -0.4 is 0 Å². The summed E-state index contributed by atoms with van der Waals surface area (Å²) in [6.07, 6.45) is 4.42. The summed E-state index contributed by atoms with van der Waals surface area (Å²) in [4.78, 5) is 16.0. The van der Waals surface area contributed by atoms with Gasteiger partial charge in [0.25, 0.3) is 0 Å². The zero-order valence-corrected chi connectivity index (χ0v) is 11.2. The van der Waals surface area contributed by atoms with E-state index in [1.165, 1.54) is 0 Å². The molecule has 0 saturated carbocycles. The Morgan fingerprint density at radius 1 is 1.42 bits per heavy atom. The summed E-state index contributed by atoms with van der Waals surface area (Å²) in [5.74, 6) is -1.14. The smallest absolute Gasteiger partial charge is 0.353 e. The van der Waals surface area contributed by atoms with E-state index in [0.29, 0.717) is 6.42 Å². The maximum atomic E-state index is 11.0. The fourth-order valence-corrected chi connectivity index (χ4v) is 1.43. The lowest BCUT2D eigenvalue weighted by atomic mass is 10.0. The third-order valence-corrected chi connectivity index (χ3v) is 2.74. The van der Waals surface area contributed by atoms with Crippen LogP contribution in [0.1, 0.15) is 25.8 Å². The third kappa shape index (κ3) is 5.38. The molecule has 0 heterocycles. The van der Waals surface area contributed by atoms with Gasteiger partial charge >= 0.3 is 5.97 Å². The molecule has 1 unspecified atom stereocenters. The van der Waals surface area contributed by atoms with Gasteiger partial charge in [0.05, 0.1) is 0 Å². The highest BCUT2D eigenvalue weighted by Gasteiger charge is 2.17. The van der Waals surface area contributed by atoms with E-state index in [0.717, 1.165) is 5.56 Å². The number of carboxylic acids is 1. The van der Waals surface area contributed by atoms with E-state index in [9.17, 15) is 4.79 Å². The molecule has 0 fully saturated rings. The Labute approximate surface area is 113 Å². The number of carboxylic acid groups (broad SMARTS) is 1. The highest BCUT2D eigenvalue weighted by atomic mass is 16.6. The Bertz CT molecular complexity index is 452. The van der Waals surface area contributed by atoms with Gasteiger partial charge in [-0.3, -0.25) is 0 Å². The van der Waals surface area contributed by atoms with Crippen LogP contribution in [0.4, 0.5) is 0 Å². The average Bonchev–Trinajstić information content (AvgIpc) is 2.42. The van der Waals surface area contributed by atoms with E-state index in [-0.39, 0.29) is 18.2 Å². The highest BCUT2D eigenvalue weighted by Crippen LogP contribution is 2.05. The number of carbonyl (C=O) groups is 1. The maximum absolute atomic E-state index is 11.0. The number of hydrogen-bond acceptors (Lipinski definition) is 3. The van der Waals surface area contributed by atoms with Crippen molar-refractivity contribution in [2.75, 3.05) is 6.61 Å². The molecule has 0 bridgehead atoms. The first-order valence-corrected chi connectivity index (χ1v) is 6.29. The summed E-state index contributed by atoms with van der Waals surface area (Å²) in [5, 5.41) is 12.7. The van der Waals surface area contributed by atoms with Crippen molar-refractivity contribution < 1.29 is 14.7 Å². The van der Waals surface area contributed by atoms with Crippen LogP contribution in [-0.2, 0) is 9.63 Å². The fraction of sp³-hybridized carbons (Fsp3) is 0.333. The fourth-order valence-electron chi connectivity index (χ4n) is 1.43. The van der Waals surface area contributed by atoms with E-state index in [2.05, 4.69) is 5.16 Å². The Kier molecular flexibility index (Phi) is 6.36. The Morgan fingerprint density at radius 2 is 2.11 bits per heavy atom. The van der Waals surface area contributed by atoms with Crippen LogP contribution in [0.2, 0.25) is 0 Å². The van der Waals surface area contributed by atoms with Gasteiger partial charge in [0.15, 0.2) is 5.71 Å². The number of benzene rings is 1. The van der Waals surface area contributed by atoms with Crippen molar-refractivity contribution in [3.8, 4) is 0 Å². The van der Waals surface area contributed by atoms with Gasteiger partial charge in [-0.05, 0) is 18.1 Å².